The number of hydrogen-bond donors (Lipinski definition) is 1. The first-order chi connectivity index (χ1) is 6.50. The van der Waals surface area contributed by atoms with Gasteiger partial charge in [0, 0.05) is 11.8 Å². The number of aryl methyl sites for hydroxylation is 1. The number of nitrogens with zero attached hydrogens (tertiary/aromatic N) is 2. The van der Waals surface area contributed by atoms with Gasteiger partial charge in [-0.05, 0) is 19.8 Å². The minimum absolute atomic E-state index is 0.128. The fourth-order valence-electron chi connectivity index (χ4n) is 0.871. The summed E-state index contributed by atoms with van der Waals surface area (Å²) in [6.45, 7) is 8.12. The minimum Gasteiger partial charge on any atom is -0.474 e. The van der Waals surface area contributed by atoms with Crippen LogP contribution in [0.2, 0.25) is 0 Å². The Hall–Kier alpha value is -1.32. The molecule has 0 saturated heterocycles. The van der Waals surface area contributed by atoms with Crippen molar-refractivity contribution in [1.29, 1.82) is 0 Å². The van der Waals surface area contributed by atoms with Crippen LogP contribution in [0.15, 0.2) is 6.20 Å². The van der Waals surface area contributed by atoms with Crippen molar-refractivity contribution in [3.8, 4) is 5.88 Å². The highest BCUT2D eigenvalue weighted by Gasteiger charge is 2.11. The van der Waals surface area contributed by atoms with Crippen molar-refractivity contribution in [1.82, 2.24) is 9.97 Å². The zero-order valence-electron chi connectivity index (χ0n) is 9.11. The summed E-state index contributed by atoms with van der Waals surface area (Å²) >= 11 is 0. The van der Waals surface area contributed by atoms with Crippen LogP contribution >= 0.6 is 0 Å². The molecule has 4 heteroatoms. The fourth-order valence-corrected chi connectivity index (χ4v) is 0.871. The van der Waals surface area contributed by atoms with Crippen LogP contribution in [0.25, 0.3) is 0 Å². The van der Waals surface area contributed by atoms with Crippen molar-refractivity contribution in [2.75, 3.05) is 5.73 Å². The lowest BCUT2D eigenvalue weighted by Crippen LogP contribution is -2.20. The first kappa shape index (κ1) is 10.8. The van der Waals surface area contributed by atoms with Gasteiger partial charge in [0.2, 0.25) is 11.8 Å². The first-order valence-corrected chi connectivity index (χ1v) is 4.76. The summed E-state index contributed by atoms with van der Waals surface area (Å²) in [4.78, 5) is 7.92. The first-order valence-electron chi connectivity index (χ1n) is 4.76. The van der Waals surface area contributed by atoms with E-state index in [1.54, 1.807) is 6.20 Å². The Morgan fingerprint density at radius 3 is 2.57 bits per heavy atom. The summed E-state index contributed by atoms with van der Waals surface area (Å²) in [5.74, 6) is 1.28. The topological polar surface area (TPSA) is 61.0 Å². The summed E-state index contributed by atoms with van der Waals surface area (Å²) in [6, 6.07) is 0. The summed E-state index contributed by atoms with van der Waals surface area (Å²) < 4.78 is 5.66. The molecule has 2 N–H and O–H groups in total. The highest BCUT2D eigenvalue weighted by Crippen LogP contribution is 2.17. The van der Waals surface area contributed by atoms with Crippen LogP contribution in [0.3, 0.4) is 0 Å². The molecule has 0 aliphatic heterocycles. The second kappa shape index (κ2) is 4.26. The molecule has 0 radical (unpaired) electrons. The molecule has 1 atom stereocenters. The molecule has 14 heavy (non-hydrogen) atoms. The summed E-state index contributed by atoms with van der Waals surface area (Å²) in [5, 5.41) is 0. The van der Waals surface area contributed by atoms with Crippen LogP contribution in [0.1, 0.15) is 26.3 Å². The standard InChI is InChI=1S/C10H17N3O/c1-6(2)8(4)14-9-7(3)5-12-10(11)13-9/h5-6,8H,1-4H3,(H2,11,12,13). The molecule has 0 spiro atoms. The number of ether oxygens (including phenoxy) is 1. The number of hydrogen-bond acceptors (Lipinski definition) is 4. The molecule has 0 fully saturated rings. The van der Waals surface area contributed by atoms with Crippen molar-refractivity contribution in [3.05, 3.63) is 11.8 Å². The average molecular weight is 195 g/mol. The lowest BCUT2D eigenvalue weighted by atomic mass is 10.1. The van der Waals surface area contributed by atoms with Gasteiger partial charge >= 0.3 is 0 Å². The molecule has 0 aliphatic carbocycles. The van der Waals surface area contributed by atoms with Crippen LogP contribution < -0.4 is 10.5 Å². The van der Waals surface area contributed by atoms with Crippen molar-refractivity contribution in [3.63, 3.8) is 0 Å². The van der Waals surface area contributed by atoms with Crippen LogP contribution in [-0.2, 0) is 0 Å². The van der Waals surface area contributed by atoms with E-state index in [1.165, 1.54) is 0 Å². The predicted molar refractivity (Wildman–Crippen MR) is 56.1 cm³/mol. The molecule has 0 saturated carbocycles. The van der Waals surface area contributed by atoms with Crippen LogP contribution in [0.5, 0.6) is 5.88 Å². The lowest BCUT2D eigenvalue weighted by molar-refractivity contribution is 0.162. The monoisotopic (exact) mass is 195 g/mol. The van der Waals surface area contributed by atoms with Gasteiger partial charge in [-0.1, -0.05) is 13.8 Å². The maximum absolute atomic E-state index is 5.66. The number of nitrogens with two attached hydrogens (primary N) is 1. The second-order valence-corrected chi connectivity index (χ2v) is 3.78. The molecule has 78 valence electrons. The Bertz CT molecular complexity index is 312. The molecule has 1 unspecified atom stereocenters. The normalized spacial score (nSPS) is 12.9. The van der Waals surface area contributed by atoms with Gasteiger partial charge in [0.25, 0.3) is 0 Å². The van der Waals surface area contributed by atoms with E-state index in [0.29, 0.717) is 11.8 Å². The van der Waals surface area contributed by atoms with E-state index < -0.39 is 0 Å². The van der Waals surface area contributed by atoms with E-state index in [9.17, 15) is 0 Å². The van der Waals surface area contributed by atoms with Gasteiger partial charge in [0.05, 0.1) is 6.10 Å². The quantitative estimate of drug-likeness (QED) is 0.798. The van der Waals surface area contributed by atoms with Crippen molar-refractivity contribution >= 4 is 5.95 Å². The van der Waals surface area contributed by atoms with Gasteiger partial charge in [0.15, 0.2) is 0 Å². The zero-order chi connectivity index (χ0) is 10.7. The van der Waals surface area contributed by atoms with Crippen LogP contribution in [0, 0.1) is 12.8 Å². The Morgan fingerprint density at radius 1 is 1.36 bits per heavy atom. The molecule has 1 aromatic rings. The Balaban J connectivity index is 2.80. The van der Waals surface area contributed by atoms with Crippen LogP contribution in [-0.4, -0.2) is 16.1 Å². The van der Waals surface area contributed by atoms with E-state index >= 15 is 0 Å². The van der Waals surface area contributed by atoms with E-state index in [-0.39, 0.29) is 12.1 Å². The van der Waals surface area contributed by atoms with Gasteiger partial charge in [-0.2, -0.15) is 4.98 Å². The molecule has 0 bridgehead atoms. The van der Waals surface area contributed by atoms with E-state index in [0.717, 1.165) is 5.56 Å². The third kappa shape index (κ3) is 2.58. The molecule has 0 aromatic carbocycles. The van der Waals surface area contributed by atoms with Crippen molar-refractivity contribution < 1.29 is 4.74 Å². The van der Waals surface area contributed by atoms with Gasteiger partial charge in [-0.3, -0.25) is 0 Å². The molecular weight excluding hydrogens is 178 g/mol. The SMILES string of the molecule is Cc1cnc(N)nc1OC(C)C(C)C. The van der Waals surface area contributed by atoms with Gasteiger partial charge in [-0.25, -0.2) is 4.98 Å². The van der Waals surface area contributed by atoms with Crippen molar-refractivity contribution in [2.24, 2.45) is 5.92 Å². The highest BCUT2D eigenvalue weighted by atomic mass is 16.5. The number of nitrogen functional groups attached to an aromatic ring is 1. The Labute approximate surface area is 84.5 Å². The maximum atomic E-state index is 5.66. The largest absolute Gasteiger partial charge is 0.474 e. The number of anilines is 1. The second-order valence-electron chi connectivity index (χ2n) is 3.78. The van der Waals surface area contributed by atoms with Gasteiger partial charge in [-0.15, -0.1) is 0 Å². The summed E-state index contributed by atoms with van der Waals surface area (Å²) in [6.07, 6.45) is 1.80. The number of rotatable bonds is 3. The zero-order valence-corrected chi connectivity index (χ0v) is 9.11. The maximum Gasteiger partial charge on any atom is 0.223 e. The Morgan fingerprint density at radius 2 is 2.00 bits per heavy atom. The molecule has 1 rings (SSSR count). The average Bonchev–Trinajstić information content (AvgIpc) is 2.11. The van der Waals surface area contributed by atoms with Crippen molar-refractivity contribution in [2.45, 2.75) is 33.8 Å². The molecule has 1 aromatic heterocycles. The number of aromatic nitrogens is 2. The molecule has 0 amide bonds. The van der Waals surface area contributed by atoms with E-state index in [4.69, 9.17) is 10.5 Å². The predicted octanol–water partition coefficient (Wildman–Crippen LogP) is 1.79. The Kier molecular flexibility index (Phi) is 3.28. The lowest BCUT2D eigenvalue weighted by Gasteiger charge is -2.18. The molecule has 4 nitrogen and oxygen atoms in total. The van der Waals surface area contributed by atoms with Crippen LogP contribution in [0.4, 0.5) is 5.95 Å². The fraction of sp³-hybridized carbons (Fsp3) is 0.600. The smallest absolute Gasteiger partial charge is 0.223 e. The minimum atomic E-state index is 0.128. The van der Waals surface area contributed by atoms with E-state index in [2.05, 4.69) is 23.8 Å². The summed E-state index contributed by atoms with van der Waals surface area (Å²) in [7, 11) is 0. The van der Waals surface area contributed by atoms with E-state index in [1.807, 2.05) is 13.8 Å². The third-order valence-electron chi connectivity index (χ3n) is 2.18. The van der Waals surface area contributed by atoms with Gasteiger partial charge < -0.3 is 10.5 Å². The molecule has 1 heterocycles. The molecular formula is C10H17N3O. The summed E-state index contributed by atoms with van der Waals surface area (Å²) in [5.41, 5.74) is 6.39. The third-order valence-corrected chi connectivity index (χ3v) is 2.18. The van der Waals surface area contributed by atoms with Gasteiger partial charge in [0.1, 0.15) is 0 Å². The molecule has 0 aliphatic rings. The highest BCUT2D eigenvalue weighted by molar-refractivity contribution is 5.28.